The van der Waals surface area contributed by atoms with E-state index >= 15 is 0 Å². The molecule has 2 aromatic rings. The highest BCUT2D eigenvalue weighted by Gasteiger charge is 2.37. The minimum atomic E-state index is -4.69. The van der Waals surface area contributed by atoms with Gasteiger partial charge in [0, 0.05) is 5.56 Å². The van der Waals surface area contributed by atoms with Crippen molar-refractivity contribution in [1.29, 1.82) is 0 Å². The number of benzene rings is 2. The summed E-state index contributed by atoms with van der Waals surface area (Å²) in [5.41, 5.74) is -0.402. The fourth-order valence-electron chi connectivity index (χ4n) is 1.68. The van der Waals surface area contributed by atoms with Gasteiger partial charge in [0.25, 0.3) is 0 Å². The van der Waals surface area contributed by atoms with Gasteiger partial charge in [-0.25, -0.2) is 0 Å². The van der Waals surface area contributed by atoms with Crippen molar-refractivity contribution in [1.82, 2.24) is 0 Å². The average Bonchev–Trinajstić information content (AvgIpc) is 2.28. The Bertz CT molecular complexity index is 564. The van der Waals surface area contributed by atoms with Crippen LogP contribution in [0.5, 0.6) is 5.75 Å². The van der Waals surface area contributed by atoms with Crippen molar-refractivity contribution >= 4 is 11.6 Å². The molecule has 2 aromatic carbocycles. The van der Waals surface area contributed by atoms with E-state index in [0.29, 0.717) is 5.56 Å². The Morgan fingerprint density at radius 3 is 2.11 bits per heavy atom. The molecule has 1 nitrogen and oxygen atoms in total. The Kier molecular flexibility index (Phi) is 3.22. The van der Waals surface area contributed by atoms with Crippen molar-refractivity contribution in [3.05, 3.63) is 53.1 Å². The molecular weight excluding hydrogens is 265 g/mol. The Labute approximate surface area is 106 Å². The zero-order chi connectivity index (χ0) is 13.3. The van der Waals surface area contributed by atoms with Crippen molar-refractivity contribution in [2.75, 3.05) is 0 Å². The molecule has 0 bridgehead atoms. The van der Waals surface area contributed by atoms with Gasteiger partial charge in [0.15, 0.2) is 0 Å². The molecule has 0 aliphatic rings. The summed E-state index contributed by atoms with van der Waals surface area (Å²) in [6.07, 6.45) is -4.69. The SMILES string of the molecule is Oc1ccc(-c2ccccc2)c(Cl)c1C(F)(F)F. The standard InChI is InChI=1S/C13H8ClF3O/c14-12-9(8-4-2-1-3-5-8)6-7-10(18)11(12)13(15,16)17/h1-7,18H. The molecule has 0 heterocycles. The molecule has 0 radical (unpaired) electrons. The highest BCUT2D eigenvalue weighted by molar-refractivity contribution is 6.34. The zero-order valence-electron chi connectivity index (χ0n) is 9.00. The molecule has 94 valence electrons. The second-order valence-corrected chi connectivity index (χ2v) is 4.06. The second kappa shape index (κ2) is 4.53. The molecule has 0 fully saturated rings. The molecule has 18 heavy (non-hydrogen) atoms. The van der Waals surface area contributed by atoms with E-state index in [1.165, 1.54) is 6.07 Å². The minimum Gasteiger partial charge on any atom is -0.507 e. The Morgan fingerprint density at radius 2 is 1.56 bits per heavy atom. The molecule has 0 unspecified atom stereocenters. The molecule has 0 aromatic heterocycles. The van der Waals surface area contributed by atoms with Crippen molar-refractivity contribution in [2.24, 2.45) is 0 Å². The van der Waals surface area contributed by atoms with Gasteiger partial charge in [-0.3, -0.25) is 0 Å². The number of halogens is 4. The summed E-state index contributed by atoms with van der Waals surface area (Å²) in [6.45, 7) is 0. The Morgan fingerprint density at radius 1 is 0.944 bits per heavy atom. The highest BCUT2D eigenvalue weighted by atomic mass is 35.5. The molecule has 0 saturated carbocycles. The van der Waals surface area contributed by atoms with E-state index in [-0.39, 0.29) is 5.56 Å². The molecule has 1 N–H and O–H groups in total. The number of rotatable bonds is 1. The van der Waals surface area contributed by atoms with Gasteiger partial charge in [-0.05, 0) is 17.7 Å². The topological polar surface area (TPSA) is 20.2 Å². The van der Waals surface area contributed by atoms with Crippen LogP contribution in [0.2, 0.25) is 5.02 Å². The van der Waals surface area contributed by atoms with E-state index in [9.17, 15) is 18.3 Å². The van der Waals surface area contributed by atoms with Crippen LogP contribution >= 0.6 is 11.6 Å². The number of hydrogen-bond donors (Lipinski definition) is 1. The second-order valence-electron chi connectivity index (χ2n) is 3.69. The third-order valence-electron chi connectivity index (χ3n) is 2.49. The van der Waals surface area contributed by atoms with Crippen LogP contribution in [0.1, 0.15) is 5.56 Å². The van der Waals surface area contributed by atoms with Gasteiger partial charge in [-0.1, -0.05) is 41.9 Å². The summed E-state index contributed by atoms with van der Waals surface area (Å²) in [5, 5.41) is 8.80. The lowest BCUT2D eigenvalue weighted by atomic mass is 10.0. The van der Waals surface area contributed by atoms with Crippen LogP contribution in [-0.4, -0.2) is 5.11 Å². The van der Waals surface area contributed by atoms with Crippen molar-refractivity contribution in [3.63, 3.8) is 0 Å². The largest absolute Gasteiger partial charge is 0.507 e. The summed E-state index contributed by atoms with van der Waals surface area (Å²) in [7, 11) is 0. The number of phenolic OH excluding ortho intramolecular Hbond substituents is 1. The Balaban J connectivity index is 2.66. The smallest absolute Gasteiger partial charge is 0.421 e. The van der Waals surface area contributed by atoms with Gasteiger partial charge >= 0.3 is 6.18 Å². The minimum absolute atomic E-state index is 0.238. The molecule has 0 amide bonds. The quantitative estimate of drug-likeness (QED) is 0.795. The molecule has 0 aliphatic carbocycles. The van der Waals surface area contributed by atoms with Crippen LogP contribution in [0.15, 0.2) is 42.5 Å². The summed E-state index contributed by atoms with van der Waals surface area (Å²) in [6, 6.07) is 10.8. The Hall–Kier alpha value is -1.68. The van der Waals surface area contributed by atoms with Gasteiger partial charge in [-0.15, -0.1) is 0 Å². The maximum atomic E-state index is 12.8. The van der Waals surface area contributed by atoms with Crippen LogP contribution in [0.25, 0.3) is 11.1 Å². The lowest BCUT2D eigenvalue weighted by molar-refractivity contribution is -0.138. The van der Waals surface area contributed by atoms with Gasteiger partial charge < -0.3 is 5.11 Å². The molecule has 0 atom stereocenters. The first-order chi connectivity index (χ1) is 8.41. The normalized spacial score (nSPS) is 11.6. The van der Waals surface area contributed by atoms with E-state index < -0.39 is 22.5 Å². The molecular formula is C13H8ClF3O. The lowest BCUT2D eigenvalue weighted by Gasteiger charge is -2.14. The van der Waals surface area contributed by atoms with E-state index in [0.717, 1.165) is 6.07 Å². The van der Waals surface area contributed by atoms with Crippen LogP contribution < -0.4 is 0 Å². The van der Waals surface area contributed by atoms with Gasteiger partial charge in [-0.2, -0.15) is 13.2 Å². The van der Waals surface area contributed by atoms with Crippen LogP contribution in [0.4, 0.5) is 13.2 Å². The number of hydrogen-bond acceptors (Lipinski definition) is 1. The predicted octanol–water partition coefficient (Wildman–Crippen LogP) is 4.73. The lowest BCUT2D eigenvalue weighted by Crippen LogP contribution is -2.07. The fourth-order valence-corrected chi connectivity index (χ4v) is 2.05. The molecule has 0 aliphatic heterocycles. The first-order valence-electron chi connectivity index (χ1n) is 5.05. The molecule has 0 spiro atoms. The van der Waals surface area contributed by atoms with Gasteiger partial charge in [0.2, 0.25) is 0 Å². The summed E-state index contributed by atoms with van der Waals surface area (Å²) >= 11 is 5.75. The number of phenols is 1. The van der Waals surface area contributed by atoms with Crippen LogP contribution in [-0.2, 0) is 6.18 Å². The summed E-state index contributed by atoms with van der Waals surface area (Å²) in [4.78, 5) is 0. The highest BCUT2D eigenvalue weighted by Crippen LogP contribution is 2.44. The number of alkyl halides is 3. The molecule has 2 rings (SSSR count). The molecule has 0 saturated heterocycles. The third kappa shape index (κ3) is 2.29. The first-order valence-corrected chi connectivity index (χ1v) is 5.43. The van der Waals surface area contributed by atoms with E-state index in [1.54, 1.807) is 30.3 Å². The van der Waals surface area contributed by atoms with E-state index in [1.807, 2.05) is 0 Å². The maximum Gasteiger partial charge on any atom is 0.421 e. The summed E-state index contributed by atoms with van der Waals surface area (Å²) in [5.74, 6) is -0.868. The van der Waals surface area contributed by atoms with Crippen LogP contribution in [0.3, 0.4) is 0 Å². The fraction of sp³-hybridized carbons (Fsp3) is 0.0769. The predicted molar refractivity (Wildman–Crippen MR) is 63.6 cm³/mol. The van der Waals surface area contributed by atoms with Crippen molar-refractivity contribution in [3.8, 4) is 16.9 Å². The van der Waals surface area contributed by atoms with Crippen molar-refractivity contribution < 1.29 is 18.3 Å². The molecule has 5 heteroatoms. The van der Waals surface area contributed by atoms with Gasteiger partial charge in [0.1, 0.15) is 11.3 Å². The maximum absolute atomic E-state index is 12.8. The van der Waals surface area contributed by atoms with Crippen LogP contribution in [0, 0.1) is 0 Å². The number of aromatic hydroxyl groups is 1. The zero-order valence-corrected chi connectivity index (χ0v) is 9.76. The summed E-state index contributed by atoms with van der Waals surface area (Å²) < 4.78 is 38.3. The van der Waals surface area contributed by atoms with E-state index in [4.69, 9.17) is 11.6 Å². The average molecular weight is 273 g/mol. The third-order valence-corrected chi connectivity index (χ3v) is 2.88. The first kappa shape index (κ1) is 12.8. The monoisotopic (exact) mass is 272 g/mol. The van der Waals surface area contributed by atoms with Gasteiger partial charge in [0.05, 0.1) is 5.02 Å². The van der Waals surface area contributed by atoms with E-state index in [2.05, 4.69) is 0 Å². The van der Waals surface area contributed by atoms with Crippen molar-refractivity contribution in [2.45, 2.75) is 6.18 Å².